The number of thiazole rings is 1. The molecule has 1 aromatic heterocycles. The van der Waals surface area contributed by atoms with Gasteiger partial charge in [-0.2, -0.15) is 5.26 Å². The van der Waals surface area contributed by atoms with E-state index in [0.717, 1.165) is 22.7 Å². The minimum atomic E-state index is 0.586. The zero-order valence-corrected chi connectivity index (χ0v) is 11.3. The summed E-state index contributed by atoms with van der Waals surface area (Å²) in [7, 11) is 0. The van der Waals surface area contributed by atoms with Crippen LogP contribution in [0.1, 0.15) is 21.0 Å². The summed E-state index contributed by atoms with van der Waals surface area (Å²) < 4.78 is 5.75. The van der Waals surface area contributed by atoms with Crippen molar-refractivity contribution >= 4 is 11.3 Å². The fraction of sp³-hybridized carbons (Fsp3) is 0.286. The number of hydrogen-bond acceptors (Lipinski definition) is 4. The molecule has 0 bridgehead atoms. The molecule has 0 aliphatic rings. The smallest absolute Gasteiger partial charge is 0.124 e. The summed E-state index contributed by atoms with van der Waals surface area (Å²) in [6.07, 6.45) is 2.34. The first-order valence-electron chi connectivity index (χ1n) is 5.74. The second-order valence-electron chi connectivity index (χ2n) is 4.10. The Bertz CT molecular complexity index is 584. The molecule has 0 saturated carbocycles. The maximum absolute atomic E-state index is 8.71. The summed E-state index contributed by atoms with van der Waals surface area (Å²) in [4.78, 5) is 4.82. The van der Waals surface area contributed by atoms with Crippen molar-refractivity contribution in [2.45, 2.75) is 20.3 Å². The molecule has 3 nitrogen and oxygen atoms in total. The Labute approximate surface area is 111 Å². The van der Waals surface area contributed by atoms with Crippen LogP contribution in [0.4, 0.5) is 0 Å². The Balaban J connectivity index is 1.92. The quantitative estimate of drug-likeness (QED) is 0.845. The minimum absolute atomic E-state index is 0.586. The third kappa shape index (κ3) is 3.08. The molecule has 18 heavy (non-hydrogen) atoms. The monoisotopic (exact) mass is 258 g/mol. The van der Waals surface area contributed by atoms with E-state index in [4.69, 9.17) is 10.00 Å². The summed E-state index contributed by atoms with van der Waals surface area (Å²) in [6.45, 7) is 4.67. The first-order valence-corrected chi connectivity index (χ1v) is 6.55. The molecular weight excluding hydrogens is 244 g/mol. The van der Waals surface area contributed by atoms with E-state index >= 15 is 0 Å². The Kier molecular flexibility index (Phi) is 3.96. The van der Waals surface area contributed by atoms with Gasteiger partial charge in [0.2, 0.25) is 0 Å². The highest BCUT2D eigenvalue weighted by molar-refractivity contribution is 7.12. The van der Waals surface area contributed by atoms with Crippen LogP contribution in [0.15, 0.2) is 24.4 Å². The van der Waals surface area contributed by atoms with Gasteiger partial charge in [0.05, 0.1) is 17.8 Å². The number of hydrogen-bond donors (Lipinski definition) is 0. The third-order valence-electron chi connectivity index (χ3n) is 2.58. The van der Waals surface area contributed by atoms with Gasteiger partial charge in [-0.05, 0) is 31.0 Å². The summed E-state index contributed by atoms with van der Waals surface area (Å²) >= 11 is 1.42. The predicted molar refractivity (Wildman–Crippen MR) is 71.9 cm³/mol. The Morgan fingerprint density at radius 1 is 1.39 bits per heavy atom. The van der Waals surface area contributed by atoms with Crippen LogP contribution in [-0.2, 0) is 6.42 Å². The van der Waals surface area contributed by atoms with Crippen molar-refractivity contribution in [3.05, 3.63) is 45.4 Å². The largest absolute Gasteiger partial charge is 0.493 e. The van der Waals surface area contributed by atoms with Crippen LogP contribution >= 0.6 is 11.3 Å². The Hall–Kier alpha value is -1.86. The van der Waals surface area contributed by atoms with Crippen molar-refractivity contribution < 1.29 is 4.74 Å². The van der Waals surface area contributed by atoms with Crippen LogP contribution in [0, 0.1) is 25.2 Å². The molecule has 1 aromatic carbocycles. The molecule has 92 valence electrons. The highest BCUT2D eigenvalue weighted by atomic mass is 32.1. The van der Waals surface area contributed by atoms with E-state index in [1.54, 1.807) is 6.20 Å². The van der Waals surface area contributed by atoms with E-state index in [0.29, 0.717) is 11.5 Å². The normalized spacial score (nSPS) is 10.1. The Morgan fingerprint density at radius 2 is 2.22 bits per heavy atom. The second-order valence-corrected chi connectivity index (χ2v) is 5.21. The van der Waals surface area contributed by atoms with E-state index in [1.165, 1.54) is 16.9 Å². The maximum atomic E-state index is 8.71. The molecule has 0 unspecified atom stereocenters. The van der Waals surface area contributed by atoms with Crippen molar-refractivity contribution in [2.75, 3.05) is 6.61 Å². The van der Waals surface area contributed by atoms with Crippen LogP contribution in [0.25, 0.3) is 0 Å². The molecule has 0 atom stereocenters. The standard InChI is InChI=1S/C14H14N2OS/c1-10-3-4-11(2)13(7-10)17-6-5-14-16-9-12(8-15)18-14/h3-4,7,9H,5-6H2,1-2H3. The number of benzene rings is 1. The number of aromatic nitrogens is 1. The van der Waals surface area contributed by atoms with Crippen LogP contribution in [0.2, 0.25) is 0 Å². The van der Waals surface area contributed by atoms with E-state index in [1.807, 2.05) is 19.9 Å². The topological polar surface area (TPSA) is 45.9 Å². The molecular formula is C14H14N2OS. The molecule has 0 aliphatic carbocycles. The molecule has 0 amide bonds. The SMILES string of the molecule is Cc1ccc(C)c(OCCc2ncc(C#N)s2)c1. The zero-order chi connectivity index (χ0) is 13.0. The molecule has 0 saturated heterocycles. The fourth-order valence-corrected chi connectivity index (χ4v) is 2.28. The van der Waals surface area contributed by atoms with Gasteiger partial charge in [-0.1, -0.05) is 12.1 Å². The highest BCUT2D eigenvalue weighted by Crippen LogP contribution is 2.19. The molecule has 2 aromatic rings. The summed E-state index contributed by atoms with van der Waals surface area (Å²) in [6, 6.07) is 8.26. The van der Waals surface area contributed by atoms with Gasteiger partial charge in [0.25, 0.3) is 0 Å². The predicted octanol–water partition coefficient (Wildman–Crippen LogP) is 3.25. The number of ether oxygens (including phenoxy) is 1. The van der Waals surface area contributed by atoms with Gasteiger partial charge in [0.1, 0.15) is 16.7 Å². The lowest BCUT2D eigenvalue weighted by Gasteiger charge is -2.08. The van der Waals surface area contributed by atoms with Gasteiger partial charge in [0, 0.05) is 6.42 Å². The van der Waals surface area contributed by atoms with Crippen LogP contribution in [-0.4, -0.2) is 11.6 Å². The van der Waals surface area contributed by atoms with Gasteiger partial charge in [-0.3, -0.25) is 0 Å². The average Bonchev–Trinajstić information content (AvgIpc) is 2.81. The molecule has 4 heteroatoms. The highest BCUT2D eigenvalue weighted by Gasteiger charge is 2.03. The lowest BCUT2D eigenvalue weighted by molar-refractivity contribution is 0.319. The van der Waals surface area contributed by atoms with Crippen molar-refractivity contribution in [1.29, 1.82) is 5.26 Å². The van der Waals surface area contributed by atoms with Gasteiger partial charge in [0.15, 0.2) is 0 Å². The van der Waals surface area contributed by atoms with Crippen LogP contribution in [0.3, 0.4) is 0 Å². The van der Waals surface area contributed by atoms with E-state index in [9.17, 15) is 0 Å². The third-order valence-corrected chi connectivity index (χ3v) is 3.54. The number of nitrogens with zero attached hydrogens (tertiary/aromatic N) is 2. The van der Waals surface area contributed by atoms with Crippen molar-refractivity contribution in [2.24, 2.45) is 0 Å². The van der Waals surface area contributed by atoms with E-state index in [-0.39, 0.29) is 0 Å². The number of nitriles is 1. The van der Waals surface area contributed by atoms with Crippen molar-refractivity contribution in [3.63, 3.8) is 0 Å². The molecule has 2 rings (SSSR count). The van der Waals surface area contributed by atoms with Crippen LogP contribution < -0.4 is 4.74 Å². The van der Waals surface area contributed by atoms with E-state index in [2.05, 4.69) is 23.2 Å². The molecule has 0 fully saturated rings. The molecule has 0 radical (unpaired) electrons. The first kappa shape index (κ1) is 12.6. The summed E-state index contributed by atoms with van der Waals surface area (Å²) in [5.74, 6) is 0.923. The number of aryl methyl sites for hydroxylation is 2. The van der Waals surface area contributed by atoms with E-state index < -0.39 is 0 Å². The molecule has 0 N–H and O–H groups in total. The van der Waals surface area contributed by atoms with Crippen molar-refractivity contribution in [1.82, 2.24) is 4.98 Å². The van der Waals surface area contributed by atoms with Gasteiger partial charge in [-0.25, -0.2) is 4.98 Å². The molecule has 1 heterocycles. The molecule has 0 aliphatic heterocycles. The van der Waals surface area contributed by atoms with Crippen molar-refractivity contribution in [3.8, 4) is 11.8 Å². The summed E-state index contributed by atoms with van der Waals surface area (Å²) in [5, 5.41) is 9.65. The zero-order valence-electron chi connectivity index (χ0n) is 10.4. The maximum Gasteiger partial charge on any atom is 0.124 e. The second kappa shape index (κ2) is 5.65. The minimum Gasteiger partial charge on any atom is -0.493 e. The fourth-order valence-electron chi connectivity index (χ4n) is 1.59. The van der Waals surface area contributed by atoms with Gasteiger partial charge >= 0.3 is 0 Å². The lowest BCUT2D eigenvalue weighted by atomic mass is 10.1. The van der Waals surface area contributed by atoms with Gasteiger partial charge in [-0.15, -0.1) is 11.3 Å². The van der Waals surface area contributed by atoms with Gasteiger partial charge < -0.3 is 4.74 Å². The average molecular weight is 258 g/mol. The lowest BCUT2D eigenvalue weighted by Crippen LogP contribution is -2.02. The number of rotatable bonds is 4. The summed E-state index contributed by atoms with van der Waals surface area (Å²) in [5.41, 5.74) is 2.33. The first-order chi connectivity index (χ1) is 8.69. The molecule has 0 spiro atoms. The van der Waals surface area contributed by atoms with Crippen LogP contribution in [0.5, 0.6) is 5.75 Å². The Morgan fingerprint density at radius 3 is 2.94 bits per heavy atom.